The van der Waals surface area contributed by atoms with Gasteiger partial charge in [0.25, 0.3) is 0 Å². The fourth-order valence-electron chi connectivity index (χ4n) is 13.4. The van der Waals surface area contributed by atoms with E-state index in [0.29, 0.717) is 75.8 Å². The average molecular weight is 1640 g/mol. The van der Waals surface area contributed by atoms with Crippen LogP contribution in [-0.2, 0) is 118 Å². The molecule has 10 rings (SSSR count). The summed E-state index contributed by atoms with van der Waals surface area (Å²) < 4.78 is 11.4. The summed E-state index contributed by atoms with van der Waals surface area (Å²) >= 11 is 0. The van der Waals surface area contributed by atoms with Crippen molar-refractivity contribution >= 4 is 72.5 Å². The molecular formula is C96H116N6O18. The molecule has 638 valence electrons. The molecule has 8 aromatic rings. The highest BCUT2D eigenvalue weighted by molar-refractivity contribution is 6.00. The van der Waals surface area contributed by atoms with E-state index in [2.05, 4.69) is 22.5 Å². The van der Waals surface area contributed by atoms with Gasteiger partial charge in [0.05, 0.1) is 36.1 Å². The minimum Gasteiger partial charge on any atom is -0.481 e. The number of hydrogen-bond donors (Lipinski definition) is 7. The number of hydroxylamine groups is 2. The third-order valence-electron chi connectivity index (χ3n) is 19.9. The summed E-state index contributed by atoms with van der Waals surface area (Å²) in [5.74, 6) is -6.78. The number of benzene rings is 8. The number of carboxylic acid groups (broad SMARTS) is 3. The van der Waals surface area contributed by atoms with Gasteiger partial charge in [-0.2, -0.15) is 0 Å². The fraction of sp³-hybridized carbons (Fsp3) is 0.354. The van der Waals surface area contributed by atoms with Gasteiger partial charge in [-0.3, -0.25) is 48.4 Å². The Labute approximate surface area is 704 Å². The summed E-state index contributed by atoms with van der Waals surface area (Å²) in [6.45, 7) is 7.20. The summed E-state index contributed by atoms with van der Waals surface area (Å²) in [5, 5.41) is 45.3. The maximum Gasteiger partial charge on any atom is 0.331 e. The Morgan fingerprint density at radius 3 is 0.958 bits per heavy atom. The number of aliphatic carboxylic acids is 3. The van der Waals surface area contributed by atoms with E-state index < -0.39 is 71.5 Å². The first-order valence-corrected chi connectivity index (χ1v) is 40.3. The van der Waals surface area contributed by atoms with Gasteiger partial charge in [0.1, 0.15) is 35.9 Å². The minimum atomic E-state index is -0.932. The number of carbonyl (C=O) groups excluding carboxylic acids is 9. The van der Waals surface area contributed by atoms with Gasteiger partial charge in [-0.05, 0) is 149 Å². The number of Topliss-reactive ketones (excluding diaryl/α,β-unsaturated/α-hetero) is 2. The number of nitrogens with one attached hydrogen (secondary N) is 3. The largest absolute Gasteiger partial charge is 0.481 e. The van der Waals surface area contributed by atoms with E-state index in [9.17, 15) is 62.7 Å². The molecule has 120 heavy (non-hydrogen) atoms. The van der Waals surface area contributed by atoms with Crippen LogP contribution in [-0.4, -0.2) is 179 Å². The molecule has 0 heterocycles. The molecule has 2 aliphatic carbocycles. The number of amides is 5. The lowest BCUT2D eigenvalue weighted by atomic mass is 9.93. The van der Waals surface area contributed by atoms with E-state index in [1.807, 2.05) is 243 Å². The zero-order valence-electron chi connectivity index (χ0n) is 69.2. The van der Waals surface area contributed by atoms with Gasteiger partial charge in [-0.15, -0.1) is 0 Å². The van der Waals surface area contributed by atoms with Crippen LogP contribution in [0, 0.1) is 29.6 Å². The number of esters is 2. The Morgan fingerprint density at radius 2 is 0.675 bits per heavy atom. The molecule has 0 radical (unpaired) electrons. The van der Waals surface area contributed by atoms with E-state index in [1.54, 1.807) is 21.1 Å². The molecule has 5 amide bonds. The maximum atomic E-state index is 13.3. The molecule has 24 heteroatoms. The van der Waals surface area contributed by atoms with Crippen LogP contribution in [0.25, 0.3) is 0 Å². The van der Waals surface area contributed by atoms with Crippen molar-refractivity contribution in [2.24, 2.45) is 29.6 Å². The third-order valence-corrected chi connectivity index (χ3v) is 19.9. The van der Waals surface area contributed by atoms with Gasteiger partial charge in [0.15, 0.2) is 0 Å². The van der Waals surface area contributed by atoms with E-state index in [0.717, 1.165) is 95.9 Å². The highest BCUT2D eigenvalue weighted by Gasteiger charge is 2.33. The number of ether oxygens (including phenoxy) is 2. The van der Waals surface area contributed by atoms with E-state index in [1.165, 1.54) is 23.6 Å². The van der Waals surface area contributed by atoms with E-state index in [4.69, 9.17) is 24.8 Å². The second kappa shape index (κ2) is 56.0. The first-order valence-electron chi connectivity index (χ1n) is 40.3. The highest BCUT2D eigenvalue weighted by Crippen LogP contribution is 2.25. The minimum absolute atomic E-state index is 0.0543. The molecule has 0 bridgehead atoms. The summed E-state index contributed by atoms with van der Waals surface area (Å²) in [7, 11) is 4.99. The molecule has 2 saturated carbocycles. The Balaban J connectivity index is 0.000000269. The predicted molar refractivity (Wildman–Crippen MR) is 458 cm³/mol. The summed E-state index contributed by atoms with van der Waals surface area (Å²) in [4.78, 5) is 142. The summed E-state index contributed by atoms with van der Waals surface area (Å²) in [5.41, 5.74) is 8.00. The Kier molecular flexibility index (Phi) is 45.7. The molecule has 24 nitrogen and oxygen atoms in total. The molecule has 6 atom stereocenters. The number of rotatable bonds is 40. The number of nitrogens with zero attached hydrogens (tertiary/aromatic N) is 3. The predicted octanol–water partition coefficient (Wildman–Crippen LogP) is 12.1. The van der Waals surface area contributed by atoms with Crippen molar-refractivity contribution in [3.05, 3.63) is 299 Å². The van der Waals surface area contributed by atoms with Crippen molar-refractivity contribution in [3.63, 3.8) is 0 Å². The fourth-order valence-corrected chi connectivity index (χ4v) is 13.4. The van der Waals surface area contributed by atoms with Gasteiger partial charge in [-0.25, -0.2) is 19.4 Å². The molecule has 0 aliphatic heterocycles. The van der Waals surface area contributed by atoms with Crippen LogP contribution in [0.1, 0.15) is 110 Å². The van der Waals surface area contributed by atoms with Crippen LogP contribution < -0.4 is 16.0 Å². The lowest BCUT2D eigenvalue weighted by Crippen LogP contribution is -2.48. The number of carbonyl (C=O) groups is 12. The second-order valence-electron chi connectivity index (χ2n) is 29.8. The topological polar surface area (TPSA) is 350 Å². The zero-order chi connectivity index (χ0) is 87.4. The van der Waals surface area contributed by atoms with Gasteiger partial charge in [-0.1, -0.05) is 249 Å². The van der Waals surface area contributed by atoms with E-state index >= 15 is 0 Å². The molecule has 2 aliphatic rings. The highest BCUT2D eigenvalue weighted by atomic mass is 16.6. The van der Waals surface area contributed by atoms with Gasteiger partial charge >= 0.3 is 29.8 Å². The quantitative estimate of drug-likeness (QED) is 0.00468. The summed E-state index contributed by atoms with van der Waals surface area (Å²) in [6, 6.07) is 74.5. The van der Waals surface area contributed by atoms with Crippen molar-refractivity contribution in [2.75, 3.05) is 47.3 Å². The van der Waals surface area contributed by atoms with Gasteiger partial charge < -0.3 is 50.5 Å². The number of ketones is 2. The van der Waals surface area contributed by atoms with E-state index in [-0.39, 0.29) is 67.2 Å². The number of carboxylic acids is 3. The van der Waals surface area contributed by atoms with Crippen LogP contribution in [0.5, 0.6) is 0 Å². The molecule has 4 unspecified atom stereocenters. The third kappa shape index (κ3) is 39.6. The lowest BCUT2D eigenvalue weighted by Gasteiger charge is -2.25. The second-order valence-corrected chi connectivity index (χ2v) is 29.8. The Hall–Kier alpha value is -12.5. The van der Waals surface area contributed by atoms with Crippen molar-refractivity contribution in [3.8, 4) is 0 Å². The Bertz CT molecular complexity index is 4210. The zero-order valence-corrected chi connectivity index (χ0v) is 69.2. The number of hydrogen-bond acceptors (Lipinski definition) is 16. The molecule has 7 N–H and O–H groups in total. The van der Waals surface area contributed by atoms with Crippen molar-refractivity contribution in [1.29, 1.82) is 0 Å². The molecule has 0 aromatic heterocycles. The lowest BCUT2D eigenvalue weighted by molar-refractivity contribution is -0.157. The maximum absolute atomic E-state index is 13.3. The Morgan fingerprint density at radius 1 is 0.400 bits per heavy atom. The van der Waals surface area contributed by atoms with Crippen LogP contribution in [0.4, 0.5) is 0 Å². The van der Waals surface area contributed by atoms with Gasteiger partial charge in [0.2, 0.25) is 31.0 Å². The van der Waals surface area contributed by atoms with Crippen molar-refractivity contribution in [2.45, 2.75) is 141 Å². The first-order chi connectivity index (χ1) is 57.8. The monoisotopic (exact) mass is 1640 g/mol. The molecular weight excluding hydrogens is 1530 g/mol. The summed E-state index contributed by atoms with van der Waals surface area (Å²) in [6.07, 6.45) is 12.4. The normalized spacial score (nSPS) is 13.4. The van der Waals surface area contributed by atoms with Crippen LogP contribution >= 0.6 is 0 Å². The first kappa shape index (κ1) is 98.0. The molecule has 8 aromatic carbocycles. The molecule has 0 saturated heterocycles. The molecule has 0 spiro atoms. The van der Waals surface area contributed by atoms with Crippen LogP contribution in [0.3, 0.4) is 0 Å². The standard InChI is InChI=1S/C26H32N2O4.C25H30N2O5.C12H15NO3.C12H14O2.C11H15NO2.C10H10O2/c1-28(19-29)18-22(16-20-10-4-2-5-11-20)25(30)27-24(17-21-12-6-3-7-13-21)26(31)32-23-14-8-9-15-23;28-18-27(31)17-21(15-19-9-3-1-4-10-19)24(29)26-23(16-20-11-5-2-6-12-20)25(30)32-22-13-7-8-14-22;1-13(9-14)8-11(12(15)16)7-10-5-3-2-4-6-10;1-9(13)12(10(2)14)8-11-6-4-3-5-7-11;1-12-8-10(11(13)14)7-9-5-3-2-4-6-9;1-8(10(11)12)7-9-5-3-2-4-6-9/h2-7,10-13,19,22-24H,8-9,14-18H2,1H3,(H,27,30);1-6,9-12,18,21-23,31H,7-8,13-17H2,(H,26,29);2-6,9,11H,7-8H2,1H3,(H,15,16);3-7,12H,8H2,1-2H3;2-6,10,12H,7-8H2,1H3,(H,13,14);2-6H,1,7H2,(H,11,12)/t22?,24-;21?,23-;;;;/m00..../s1. The van der Waals surface area contributed by atoms with Crippen LogP contribution in [0.15, 0.2) is 255 Å². The average Bonchev–Trinajstić information content (AvgIpc) is 1.08. The van der Waals surface area contributed by atoms with Gasteiger partial charge in [0, 0.05) is 58.6 Å². The SMILES string of the molecule is C=C(Cc1ccccc1)C(=O)O.CC(=O)C(Cc1ccccc1)C(C)=O.CN(C=O)CC(Cc1ccccc1)C(=O)N[C@@H](Cc1ccccc1)C(=O)OC1CCCC1.CN(C=O)CC(Cc1ccccc1)C(=O)O.CNCC(Cc1ccccc1)C(=O)O.O=CN(O)CC(Cc1ccccc1)C(=O)N[C@@H](Cc1ccccc1)C(=O)OC1CCCC1. The van der Waals surface area contributed by atoms with Crippen molar-refractivity contribution < 1.29 is 87.5 Å². The molecule has 2 fully saturated rings. The van der Waals surface area contributed by atoms with Crippen molar-refractivity contribution in [1.82, 2.24) is 30.8 Å². The smallest absolute Gasteiger partial charge is 0.331 e. The van der Waals surface area contributed by atoms with Crippen LogP contribution in [0.2, 0.25) is 0 Å².